The normalized spacial score (nSPS) is 24.9. The van der Waals surface area contributed by atoms with E-state index in [9.17, 15) is 14.4 Å². The number of halogens is 1. The van der Waals surface area contributed by atoms with Crippen molar-refractivity contribution in [1.82, 2.24) is 20.5 Å². The zero-order valence-corrected chi connectivity index (χ0v) is 11.1. The van der Waals surface area contributed by atoms with E-state index in [0.717, 1.165) is 0 Å². The van der Waals surface area contributed by atoms with Crippen molar-refractivity contribution in [2.75, 3.05) is 13.1 Å². The molecular weight excluding hydrogens is 284 g/mol. The molecular formula is C12H11ClN4O3. The zero-order valence-electron chi connectivity index (χ0n) is 10.4. The van der Waals surface area contributed by atoms with Crippen LogP contribution in [-0.4, -0.2) is 46.4 Å². The van der Waals surface area contributed by atoms with Crippen LogP contribution in [0, 0.1) is 0 Å². The molecule has 20 heavy (non-hydrogen) atoms. The predicted octanol–water partition coefficient (Wildman–Crippen LogP) is 0.159. The first-order valence-electron chi connectivity index (χ1n) is 6.05. The van der Waals surface area contributed by atoms with Gasteiger partial charge in [-0.05, 0) is 18.6 Å². The van der Waals surface area contributed by atoms with Crippen LogP contribution in [0.1, 0.15) is 16.9 Å². The smallest absolute Gasteiger partial charge is 0.322 e. The summed E-state index contributed by atoms with van der Waals surface area (Å²) in [6.07, 6.45) is 1.84. The number of nitrogens with one attached hydrogen (secondary N) is 2. The lowest BCUT2D eigenvalue weighted by Crippen LogP contribution is -2.49. The number of hydrogen-bond donors (Lipinski definition) is 2. The minimum Gasteiger partial charge on any atom is -0.334 e. The molecule has 1 spiro atoms. The molecule has 4 amide bonds. The molecule has 2 fully saturated rings. The van der Waals surface area contributed by atoms with Gasteiger partial charge in [0.2, 0.25) is 0 Å². The van der Waals surface area contributed by atoms with Gasteiger partial charge in [0, 0.05) is 17.8 Å². The number of nitrogens with zero attached hydrogens (tertiary/aromatic N) is 2. The van der Waals surface area contributed by atoms with Crippen molar-refractivity contribution >= 4 is 29.4 Å². The highest BCUT2D eigenvalue weighted by molar-refractivity contribution is 6.30. The number of hydrogen-bond acceptors (Lipinski definition) is 4. The largest absolute Gasteiger partial charge is 0.334 e. The molecule has 1 unspecified atom stereocenters. The Balaban J connectivity index is 1.79. The van der Waals surface area contributed by atoms with Crippen LogP contribution in [0.25, 0.3) is 0 Å². The average molecular weight is 295 g/mol. The average Bonchev–Trinajstić information content (AvgIpc) is 2.94. The van der Waals surface area contributed by atoms with Crippen molar-refractivity contribution in [3.63, 3.8) is 0 Å². The van der Waals surface area contributed by atoms with E-state index in [2.05, 4.69) is 15.6 Å². The van der Waals surface area contributed by atoms with Gasteiger partial charge in [0.1, 0.15) is 11.2 Å². The molecule has 0 radical (unpaired) electrons. The van der Waals surface area contributed by atoms with Crippen LogP contribution in [-0.2, 0) is 4.79 Å². The number of rotatable bonds is 1. The second-order valence-electron chi connectivity index (χ2n) is 4.83. The van der Waals surface area contributed by atoms with Gasteiger partial charge in [0.05, 0.1) is 6.54 Å². The van der Waals surface area contributed by atoms with Crippen LogP contribution in [0.15, 0.2) is 18.3 Å². The van der Waals surface area contributed by atoms with Gasteiger partial charge in [-0.15, -0.1) is 0 Å². The third-order valence-corrected chi connectivity index (χ3v) is 3.75. The van der Waals surface area contributed by atoms with E-state index in [-0.39, 0.29) is 18.1 Å². The first-order valence-corrected chi connectivity index (χ1v) is 6.42. The van der Waals surface area contributed by atoms with E-state index < -0.39 is 17.5 Å². The maximum Gasteiger partial charge on any atom is 0.322 e. The first-order chi connectivity index (χ1) is 9.50. The fraction of sp³-hybridized carbons (Fsp3) is 0.333. The van der Waals surface area contributed by atoms with Crippen molar-refractivity contribution in [3.8, 4) is 0 Å². The van der Waals surface area contributed by atoms with Crippen LogP contribution in [0.3, 0.4) is 0 Å². The number of amides is 4. The molecule has 104 valence electrons. The highest BCUT2D eigenvalue weighted by Gasteiger charge is 2.51. The molecule has 0 bridgehead atoms. The Morgan fingerprint density at radius 3 is 2.90 bits per heavy atom. The summed E-state index contributed by atoms with van der Waals surface area (Å²) in [5.41, 5.74) is -0.787. The number of carbonyl (C=O) groups excluding carboxylic acids is 3. The van der Waals surface area contributed by atoms with E-state index >= 15 is 0 Å². The van der Waals surface area contributed by atoms with Crippen molar-refractivity contribution in [2.45, 2.75) is 12.0 Å². The van der Waals surface area contributed by atoms with Gasteiger partial charge in [-0.3, -0.25) is 19.9 Å². The number of urea groups is 1. The van der Waals surface area contributed by atoms with Gasteiger partial charge < -0.3 is 10.2 Å². The number of likely N-dealkylation sites (tertiary alicyclic amines) is 1. The van der Waals surface area contributed by atoms with Crippen LogP contribution in [0.2, 0.25) is 5.02 Å². The Hall–Kier alpha value is -2.15. The number of aromatic nitrogens is 1. The van der Waals surface area contributed by atoms with Crippen LogP contribution in [0.5, 0.6) is 0 Å². The summed E-state index contributed by atoms with van der Waals surface area (Å²) in [7, 11) is 0. The number of carbonyl (C=O) groups is 3. The number of pyridine rings is 1. The molecule has 0 aromatic carbocycles. The minimum atomic E-state index is -1.01. The summed E-state index contributed by atoms with van der Waals surface area (Å²) >= 11 is 5.83. The Morgan fingerprint density at radius 1 is 1.45 bits per heavy atom. The fourth-order valence-corrected chi connectivity index (χ4v) is 2.64. The molecule has 2 saturated heterocycles. The number of imide groups is 1. The summed E-state index contributed by atoms with van der Waals surface area (Å²) in [6.45, 7) is 0.512. The lowest BCUT2D eigenvalue weighted by molar-refractivity contribution is -0.123. The highest BCUT2D eigenvalue weighted by Crippen LogP contribution is 2.25. The van der Waals surface area contributed by atoms with Gasteiger partial charge in [-0.1, -0.05) is 11.6 Å². The standard InChI is InChI=1S/C12H11ClN4O3/c13-7-1-3-14-8(5-7)9(18)17-4-2-12(6-17)10(19)15-11(20)16-12/h1,3,5H,2,4,6H2,(H2,15,16,19,20). The van der Waals surface area contributed by atoms with Gasteiger partial charge in [-0.2, -0.15) is 0 Å². The minimum absolute atomic E-state index is 0.137. The van der Waals surface area contributed by atoms with Crippen molar-refractivity contribution in [1.29, 1.82) is 0 Å². The van der Waals surface area contributed by atoms with Crippen LogP contribution >= 0.6 is 11.6 Å². The van der Waals surface area contributed by atoms with E-state index in [1.54, 1.807) is 6.07 Å². The van der Waals surface area contributed by atoms with E-state index in [0.29, 0.717) is 18.0 Å². The predicted molar refractivity (Wildman–Crippen MR) is 69.2 cm³/mol. The molecule has 0 aliphatic carbocycles. The SMILES string of the molecule is O=C1NC(=O)C2(CCN(C(=O)c3cc(Cl)ccn3)C2)N1. The summed E-state index contributed by atoms with van der Waals surface area (Å²) in [6, 6.07) is 2.53. The lowest BCUT2D eigenvalue weighted by Gasteiger charge is -2.20. The van der Waals surface area contributed by atoms with Gasteiger partial charge in [-0.25, -0.2) is 4.79 Å². The summed E-state index contributed by atoms with van der Waals surface area (Å²) in [4.78, 5) is 40.8. The Bertz CT molecular complexity index is 620. The van der Waals surface area contributed by atoms with E-state index in [1.807, 2.05) is 0 Å². The molecule has 1 aromatic rings. The third-order valence-electron chi connectivity index (χ3n) is 3.51. The molecule has 3 rings (SSSR count). The zero-order chi connectivity index (χ0) is 14.3. The second-order valence-corrected chi connectivity index (χ2v) is 5.26. The molecule has 2 N–H and O–H groups in total. The molecule has 2 aliphatic heterocycles. The van der Waals surface area contributed by atoms with Gasteiger partial charge in [0.25, 0.3) is 11.8 Å². The van der Waals surface area contributed by atoms with Gasteiger partial charge >= 0.3 is 6.03 Å². The second kappa shape index (κ2) is 4.45. The van der Waals surface area contributed by atoms with Crippen LogP contribution in [0.4, 0.5) is 4.79 Å². The molecule has 1 aromatic heterocycles. The van der Waals surface area contributed by atoms with Crippen molar-refractivity contribution in [2.24, 2.45) is 0 Å². The third kappa shape index (κ3) is 2.00. The Morgan fingerprint density at radius 2 is 2.25 bits per heavy atom. The van der Waals surface area contributed by atoms with Gasteiger partial charge in [0.15, 0.2) is 0 Å². The van der Waals surface area contributed by atoms with Crippen molar-refractivity contribution in [3.05, 3.63) is 29.0 Å². The Kier molecular flexibility index (Phi) is 2.86. The molecule has 2 aliphatic rings. The summed E-state index contributed by atoms with van der Waals surface area (Å²) in [5, 5.41) is 5.20. The molecule has 7 nitrogen and oxygen atoms in total. The first kappa shape index (κ1) is 12.9. The lowest BCUT2D eigenvalue weighted by atomic mass is 9.99. The topological polar surface area (TPSA) is 91.4 Å². The Labute approximate surface area is 119 Å². The molecule has 3 heterocycles. The molecule has 0 saturated carbocycles. The van der Waals surface area contributed by atoms with E-state index in [4.69, 9.17) is 11.6 Å². The highest BCUT2D eigenvalue weighted by atomic mass is 35.5. The monoisotopic (exact) mass is 294 g/mol. The molecule has 1 atom stereocenters. The summed E-state index contributed by atoms with van der Waals surface area (Å²) in [5.74, 6) is -0.699. The maximum atomic E-state index is 12.3. The van der Waals surface area contributed by atoms with E-state index in [1.165, 1.54) is 17.2 Å². The quantitative estimate of drug-likeness (QED) is 0.722. The van der Waals surface area contributed by atoms with Crippen LogP contribution < -0.4 is 10.6 Å². The van der Waals surface area contributed by atoms with Crippen molar-refractivity contribution < 1.29 is 14.4 Å². The fourth-order valence-electron chi connectivity index (χ4n) is 2.48. The molecule has 8 heteroatoms. The maximum absolute atomic E-state index is 12.3. The summed E-state index contributed by atoms with van der Waals surface area (Å²) < 4.78 is 0.